The van der Waals surface area contributed by atoms with Gasteiger partial charge in [-0.2, -0.15) is 0 Å². The molecule has 0 fully saturated rings. The van der Waals surface area contributed by atoms with E-state index in [0.717, 1.165) is 5.75 Å². The summed E-state index contributed by atoms with van der Waals surface area (Å²) in [4.78, 5) is 11.5. The van der Waals surface area contributed by atoms with E-state index in [-0.39, 0.29) is 11.6 Å². The van der Waals surface area contributed by atoms with Crippen LogP contribution in [0.3, 0.4) is 0 Å². The van der Waals surface area contributed by atoms with E-state index in [9.17, 15) is 4.79 Å². The zero-order chi connectivity index (χ0) is 13.5. The molecule has 1 heterocycles. The van der Waals surface area contributed by atoms with Crippen LogP contribution in [-0.4, -0.2) is 36.5 Å². The fraction of sp³-hybridized carbons (Fsp3) is 0.250. The lowest BCUT2D eigenvalue weighted by atomic mass is 10.3. The van der Waals surface area contributed by atoms with Crippen LogP contribution in [0.1, 0.15) is 10.5 Å². The number of methoxy groups -OCH3 is 1. The number of nitrogens with one attached hydrogen (secondary N) is 1. The Bertz CT molecular complexity index is 510. The van der Waals surface area contributed by atoms with Gasteiger partial charge in [0.25, 0.3) is 5.91 Å². The van der Waals surface area contributed by atoms with Crippen molar-refractivity contribution in [1.29, 1.82) is 0 Å². The molecule has 0 spiro atoms. The molecule has 19 heavy (non-hydrogen) atoms. The molecule has 0 radical (unpaired) electrons. The molecule has 2 rings (SSSR count). The normalized spacial score (nSPS) is 9.95. The van der Waals surface area contributed by atoms with E-state index in [1.54, 1.807) is 31.4 Å². The minimum absolute atomic E-state index is 0.143. The first kappa shape index (κ1) is 12.9. The molecular weight excluding hydrogens is 250 g/mol. The highest BCUT2D eigenvalue weighted by Crippen LogP contribution is 2.16. The number of amides is 1. The fourth-order valence-electron chi connectivity index (χ4n) is 1.36. The topological polar surface area (TPSA) is 86.5 Å². The molecular formula is C12H13N3O4. The average Bonchev–Trinajstić information content (AvgIpc) is 2.98. The highest BCUT2D eigenvalue weighted by atomic mass is 16.6. The first-order chi connectivity index (χ1) is 9.29. The van der Waals surface area contributed by atoms with Crippen molar-refractivity contribution in [2.75, 3.05) is 20.3 Å². The Morgan fingerprint density at radius 2 is 2.05 bits per heavy atom. The lowest BCUT2D eigenvalue weighted by Crippen LogP contribution is -2.28. The molecule has 1 aromatic heterocycles. The monoisotopic (exact) mass is 263 g/mol. The summed E-state index contributed by atoms with van der Waals surface area (Å²) in [5.74, 6) is 1.12. The number of carbonyl (C=O) groups excluding carboxylic acids is 1. The SMILES string of the molecule is COc1ccc(OCCNC(=O)c2cnon2)cc1. The van der Waals surface area contributed by atoms with Crippen molar-refractivity contribution in [2.24, 2.45) is 0 Å². The van der Waals surface area contributed by atoms with Gasteiger partial charge in [-0.05, 0) is 29.4 Å². The van der Waals surface area contributed by atoms with Crippen molar-refractivity contribution in [3.63, 3.8) is 0 Å². The molecule has 0 saturated heterocycles. The zero-order valence-corrected chi connectivity index (χ0v) is 10.3. The van der Waals surface area contributed by atoms with Gasteiger partial charge >= 0.3 is 0 Å². The summed E-state index contributed by atoms with van der Waals surface area (Å²) in [6.07, 6.45) is 1.25. The second-order valence-electron chi connectivity index (χ2n) is 3.57. The van der Waals surface area contributed by atoms with Gasteiger partial charge in [0, 0.05) is 0 Å². The van der Waals surface area contributed by atoms with Crippen LogP contribution in [0.5, 0.6) is 11.5 Å². The van der Waals surface area contributed by atoms with Gasteiger partial charge in [0.15, 0.2) is 5.69 Å². The fourth-order valence-corrected chi connectivity index (χ4v) is 1.36. The molecule has 7 nitrogen and oxygen atoms in total. The Hall–Kier alpha value is -2.57. The molecule has 0 aliphatic rings. The molecule has 1 N–H and O–H groups in total. The third-order valence-corrected chi connectivity index (χ3v) is 2.31. The summed E-state index contributed by atoms with van der Waals surface area (Å²) >= 11 is 0. The molecule has 0 atom stereocenters. The lowest BCUT2D eigenvalue weighted by Gasteiger charge is -2.07. The summed E-state index contributed by atoms with van der Waals surface area (Å²) in [7, 11) is 1.60. The summed E-state index contributed by atoms with van der Waals surface area (Å²) in [5.41, 5.74) is 0.143. The van der Waals surface area contributed by atoms with Gasteiger partial charge in [0.1, 0.15) is 24.3 Å². The summed E-state index contributed by atoms with van der Waals surface area (Å²) in [5, 5.41) is 9.39. The van der Waals surface area contributed by atoms with Gasteiger partial charge in [-0.25, -0.2) is 4.63 Å². The number of aromatic nitrogens is 2. The average molecular weight is 263 g/mol. The van der Waals surface area contributed by atoms with Gasteiger partial charge in [-0.15, -0.1) is 0 Å². The molecule has 2 aromatic rings. The van der Waals surface area contributed by atoms with Crippen LogP contribution >= 0.6 is 0 Å². The highest BCUT2D eigenvalue weighted by molar-refractivity contribution is 5.91. The molecule has 7 heteroatoms. The van der Waals surface area contributed by atoms with Crippen molar-refractivity contribution in [3.8, 4) is 11.5 Å². The van der Waals surface area contributed by atoms with Gasteiger partial charge in [-0.1, -0.05) is 5.16 Å². The summed E-state index contributed by atoms with van der Waals surface area (Å²) < 4.78 is 14.8. The van der Waals surface area contributed by atoms with E-state index in [0.29, 0.717) is 18.9 Å². The van der Waals surface area contributed by atoms with E-state index in [4.69, 9.17) is 9.47 Å². The molecule has 0 aliphatic heterocycles. The molecule has 1 aromatic carbocycles. The first-order valence-corrected chi connectivity index (χ1v) is 5.62. The van der Waals surface area contributed by atoms with Crippen LogP contribution in [0.2, 0.25) is 0 Å². The van der Waals surface area contributed by atoms with Crippen LogP contribution < -0.4 is 14.8 Å². The quantitative estimate of drug-likeness (QED) is 0.779. The molecule has 0 saturated carbocycles. The van der Waals surface area contributed by atoms with Crippen LogP contribution in [0, 0.1) is 0 Å². The predicted molar refractivity (Wildman–Crippen MR) is 65.1 cm³/mol. The molecule has 100 valence electrons. The number of carbonyl (C=O) groups is 1. The number of benzene rings is 1. The largest absolute Gasteiger partial charge is 0.497 e. The third-order valence-electron chi connectivity index (χ3n) is 2.31. The second kappa shape index (κ2) is 6.39. The van der Waals surface area contributed by atoms with Gasteiger partial charge in [0.2, 0.25) is 0 Å². The van der Waals surface area contributed by atoms with Crippen LogP contribution in [0.25, 0.3) is 0 Å². The maximum Gasteiger partial charge on any atom is 0.275 e. The van der Waals surface area contributed by atoms with Crippen molar-refractivity contribution < 1.29 is 18.9 Å². The maximum atomic E-state index is 11.5. The van der Waals surface area contributed by atoms with Crippen molar-refractivity contribution in [1.82, 2.24) is 15.6 Å². The molecule has 0 aliphatic carbocycles. The van der Waals surface area contributed by atoms with Gasteiger partial charge in [0.05, 0.1) is 13.7 Å². The van der Waals surface area contributed by atoms with Crippen molar-refractivity contribution >= 4 is 5.91 Å². The standard InChI is InChI=1S/C12H13N3O4/c1-17-9-2-4-10(5-3-9)18-7-6-13-12(16)11-8-14-19-15-11/h2-5,8H,6-7H2,1H3,(H,13,16). The van der Waals surface area contributed by atoms with Crippen molar-refractivity contribution in [2.45, 2.75) is 0 Å². The third kappa shape index (κ3) is 3.70. The summed E-state index contributed by atoms with van der Waals surface area (Å²) in [6.45, 7) is 0.709. The Morgan fingerprint density at radius 3 is 2.68 bits per heavy atom. The van der Waals surface area contributed by atoms with E-state index >= 15 is 0 Å². The zero-order valence-electron chi connectivity index (χ0n) is 10.3. The molecule has 1 amide bonds. The number of hydrogen-bond donors (Lipinski definition) is 1. The Kier molecular flexibility index (Phi) is 4.33. The first-order valence-electron chi connectivity index (χ1n) is 5.62. The smallest absolute Gasteiger partial charge is 0.275 e. The Balaban J connectivity index is 1.70. The number of ether oxygens (including phenoxy) is 2. The number of nitrogens with zero attached hydrogens (tertiary/aromatic N) is 2. The molecule has 0 unspecified atom stereocenters. The Labute approximate surface area is 109 Å². The number of rotatable bonds is 6. The van der Waals surface area contributed by atoms with E-state index in [1.807, 2.05) is 0 Å². The minimum Gasteiger partial charge on any atom is -0.497 e. The minimum atomic E-state index is -0.348. The van der Waals surface area contributed by atoms with Crippen LogP contribution in [-0.2, 0) is 0 Å². The second-order valence-corrected chi connectivity index (χ2v) is 3.57. The Morgan fingerprint density at radius 1 is 1.32 bits per heavy atom. The maximum absolute atomic E-state index is 11.5. The number of hydrogen-bond acceptors (Lipinski definition) is 6. The highest BCUT2D eigenvalue weighted by Gasteiger charge is 2.08. The van der Waals surface area contributed by atoms with E-state index in [2.05, 4.69) is 20.3 Å². The van der Waals surface area contributed by atoms with Crippen molar-refractivity contribution in [3.05, 3.63) is 36.2 Å². The van der Waals surface area contributed by atoms with Crippen LogP contribution in [0.15, 0.2) is 35.1 Å². The predicted octanol–water partition coefficient (Wildman–Crippen LogP) is 0.887. The van der Waals surface area contributed by atoms with E-state index < -0.39 is 0 Å². The lowest BCUT2D eigenvalue weighted by molar-refractivity contribution is 0.0937. The van der Waals surface area contributed by atoms with Crippen LogP contribution in [0.4, 0.5) is 0 Å². The van der Waals surface area contributed by atoms with Gasteiger partial charge < -0.3 is 14.8 Å². The molecule has 0 bridgehead atoms. The van der Waals surface area contributed by atoms with Gasteiger partial charge in [-0.3, -0.25) is 4.79 Å². The summed E-state index contributed by atoms with van der Waals surface area (Å²) in [6, 6.07) is 7.19. The van der Waals surface area contributed by atoms with E-state index in [1.165, 1.54) is 6.20 Å².